The maximum Gasteiger partial charge on any atom is 0.330 e. The Labute approximate surface area is 144 Å². The Morgan fingerprint density at radius 3 is 2.79 bits per heavy atom. The topological polar surface area (TPSA) is 75.7 Å². The predicted octanol–water partition coefficient (Wildman–Crippen LogP) is 2.01. The first-order valence-electron chi connectivity index (χ1n) is 7.93. The van der Waals surface area contributed by atoms with Gasteiger partial charge in [-0.05, 0) is 32.4 Å². The number of thioether (sulfide) groups is 1. The molecule has 24 heavy (non-hydrogen) atoms. The summed E-state index contributed by atoms with van der Waals surface area (Å²) < 4.78 is 5.31. The van der Waals surface area contributed by atoms with Crippen LogP contribution in [0.15, 0.2) is 30.3 Å². The zero-order chi connectivity index (χ0) is 17.3. The summed E-state index contributed by atoms with van der Waals surface area (Å²) in [6.45, 7) is 3.50. The van der Waals surface area contributed by atoms with E-state index in [0.717, 1.165) is 6.42 Å². The molecule has 0 aromatic heterocycles. The van der Waals surface area contributed by atoms with E-state index in [9.17, 15) is 14.4 Å². The van der Waals surface area contributed by atoms with Crippen LogP contribution in [0.2, 0.25) is 0 Å². The van der Waals surface area contributed by atoms with E-state index in [1.807, 2.05) is 25.1 Å². The average Bonchev–Trinajstić information content (AvgIpc) is 3.05. The summed E-state index contributed by atoms with van der Waals surface area (Å²) in [5.74, 6) is -0.424. The van der Waals surface area contributed by atoms with E-state index in [-0.39, 0.29) is 10.8 Å². The Hall–Kier alpha value is -2.02. The molecular weight excluding hydrogens is 328 g/mol. The Morgan fingerprint density at radius 2 is 2.08 bits per heavy atom. The summed E-state index contributed by atoms with van der Waals surface area (Å²) >= 11 is 1.60. The molecule has 7 heteroatoms. The molecule has 2 heterocycles. The van der Waals surface area contributed by atoms with Gasteiger partial charge in [0.2, 0.25) is 5.91 Å². The number of para-hydroxylation sites is 1. The Kier molecular flexibility index (Phi) is 4.54. The molecule has 2 aliphatic rings. The maximum atomic E-state index is 12.4. The standard InChI is InChI=1S/C17H20N2O4S/c1-11(15(21)18-12-6-4-3-5-7-12)23-16(22)13-10-24-17(2)9-8-14(20)19(13)17/h3-7,11,13H,8-10H2,1-2H3,(H,18,21)/t11-,13+,17-/m0/s1. The third kappa shape index (κ3) is 3.13. The number of carbonyl (C=O) groups excluding carboxylic acids is 3. The van der Waals surface area contributed by atoms with Crippen molar-refractivity contribution in [3.63, 3.8) is 0 Å². The second-order valence-electron chi connectivity index (χ2n) is 6.20. The van der Waals surface area contributed by atoms with Gasteiger partial charge in [-0.3, -0.25) is 9.59 Å². The Balaban J connectivity index is 1.60. The van der Waals surface area contributed by atoms with Crippen molar-refractivity contribution in [1.82, 2.24) is 4.90 Å². The smallest absolute Gasteiger partial charge is 0.330 e. The second kappa shape index (κ2) is 6.47. The van der Waals surface area contributed by atoms with E-state index in [1.165, 1.54) is 6.92 Å². The van der Waals surface area contributed by atoms with Crippen LogP contribution in [0.5, 0.6) is 0 Å². The molecule has 0 saturated carbocycles. The molecule has 0 radical (unpaired) electrons. The van der Waals surface area contributed by atoms with Crippen LogP contribution in [0.4, 0.5) is 5.69 Å². The summed E-state index contributed by atoms with van der Waals surface area (Å²) in [6, 6.07) is 8.37. The number of anilines is 1. The lowest BCUT2D eigenvalue weighted by Gasteiger charge is -2.29. The average molecular weight is 348 g/mol. The molecule has 6 nitrogen and oxygen atoms in total. The van der Waals surface area contributed by atoms with Crippen molar-refractivity contribution in [2.75, 3.05) is 11.1 Å². The van der Waals surface area contributed by atoms with Crippen LogP contribution < -0.4 is 5.32 Å². The number of nitrogens with zero attached hydrogens (tertiary/aromatic N) is 1. The first kappa shape index (κ1) is 16.8. The molecule has 1 N–H and O–H groups in total. The molecule has 3 rings (SSSR count). The number of hydrogen-bond acceptors (Lipinski definition) is 5. The number of fused-ring (bicyclic) bond motifs is 1. The largest absolute Gasteiger partial charge is 0.451 e. The van der Waals surface area contributed by atoms with Crippen molar-refractivity contribution < 1.29 is 19.1 Å². The fraction of sp³-hybridized carbons (Fsp3) is 0.471. The third-order valence-corrected chi connectivity index (χ3v) is 5.93. The number of hydrogen-bond donors (Lipinski definition) is 1. The van der Waals surface area contributed by atoms with Gasteiger partial charge in [-0.25, -0.2) is 4.79 Å². The van der Waals surface area contributed by atoms with E-state index in [1.54, 1.807) is 28.8 Å². The van der Waals surface area contributed by atoms with Gasteiger partial charge in [0.15, 0.2) is 6.10 Å². The van der Waals surface area contributed by atoms with Crippen molar-refractivity contribution in [3.05, 3.63) is 30.3 Å². The lowest BCUT2D eigenvalue weighted by Crippen LogP contribution is -2.48. The number of ether oxygens (including phenoxy) is 1. The second-order valence-corrected chi connectivity index (χ2v) is 7.70. The van der Waals surface area contributed by atoms with Crippen LogP contribution in [-0.4, -0.2) is 45.5 Å². The minimum absolute atomic E-state index is 0.0224. The van der Waals surface area contributed by atoms with Crippen molar-refractivity contribution in [3.8, 4) is 0 Å². The van der Waals surface area contributed by atoms with E-state index in [2.05, 4.69) is 5.32 Å². The summed E-state index contributed by atoms with van der Waals surface area (Å²) in [5, 5.41) is 2.70. The van der Waals surface area contributed by atoms with Crippen molar-refractivity contribution in [2.45, 2.75) is 43.7 Å². The van der Waals surface area contributed by atoms with E-state index in [0.29, 0.717) is 17.9 Å². The number of amides is 2. The molecule has 0 unspecified atom stereocenters. The van der Waals surface area contributed by atoms with Crippen LogP contribution in [0.3, 0.4) is 0 Å². The number of nitrogens with one attached hydrogen (secondary N) is 1. The van der Waals surface area contributed by atoms with Gasteiger partial charge in [0, 0.05) is 17.9 Å². The molecule has 0 bridgehead atoms. The zero-order valence-corrected chi connectivity index (χ0v) is 14.5. The molecule has 128 valence electrons. The van der Waals surface area contributed by atoms with Gasteiger partial charge >= 0.3 is 5.97 Å². The van der Waals surface area contributed by atoms with E-state index < -0.39 is 24.0 Å². The molecule has 1 aromatic carbocycles. The minimum Gasteiger partial charge on any atom is -0.451 e. The van der Waals surface area contributed by atoms with Gasteiger partial charge in [0.05, 0.1) is 4.87 Å². The van der Waals surface area contributed by atoms with Crippen molar-refractivity contribution >= 4 is 35.2 Å². The summed E-state index contributed by atoms with van der Waals surface area (Å²) in [7, 11) is 0. The van der Waals surface area contributed by atoms with E-state index >= 15 is 0 Å². The fourth-order valence-corrected chi connectivity index (χ4v) is 4.48. The number of rotatable bonds is 4. The first-order valence-corrected chi connectivity index (χ1v) is 8.92. The van der Waals surface area contributed by atoms with Crippen molar-refractivity contribution in [2.24, 2.45) is 0 Å². The normalized spacial score (nSPS) is 26.8. The minimum atomic E-state index is -0.924. The highest BCUT2D eigenvalue weighted by atomic mass is 32.2. The van der Waals surface area contributed by atoms with Gasteiger partial charge in [-0.1, -0.05) is 18.2 Å². The Morgan fingerprint density at radius 1 is 1.38 bits per heavy atom. The van der Waals surface area contributed by atoms with Gasteiger partial charge in [-0.15, -0.1) is 11.8 Å². The zero-order valence-electron chi connectivity index (χ0n) is 13.7. The molecular formula is C17H20N2O4S. The SMILES string of the molecule is C[C@H](OC(=O)[C@H]1CS[C@@]2(C)CCC(=O)N12)C(=O)Nc1ccccc1. The lowest BCUT2D eigenvalue weighted by molar-refractivity contribution is -0.160. The van der Waals surface area contributed by atoms with Gasteiger partial charge in [0.1, 0.15) is 6.04 Å². The molecule has 2 fully saturated rings. The van der Waals surface area contributed by atoms with E-state index in [4.69, 9.17) is 4.74 Å². The lowest BCUT2D eigenvalue weighted by atomic mass is 10.2. The highest BCUT2D eigenvalue weighted by molar-refractivity contribution is 8.01. The van der Waals surface area contributed by atoms with Crippen LogP contribution in [0.1, 0.15) is 26.7 Å². The number of esters is 1. The van der Waals surface area contributed by atoms with Crippen LogP contribution >= 0.6 is 11.8 Å². The highest BCUT2D eigenvalue weighted by Gasteiger charge is 2.53. The van der Waals surface area contributed by atoms with Gasteiger partial charge in [-0.2, -0.15) is 0 Å². The maximum absolute atomic E-state index is 12.4. The van der Waals surface area contributed by atoms with Gasteiger partial charge in [0.25, 0.3) is 5.91 Å². The highest BCUT2D eigenvalue weighted by Crippen LogP contribution is 2.47. The van der Waals surface area contributed by atoms with Crippen LogP contribution in [-0.2, 0) is 19.1 Å². The monoisotopic (exact) mass is 348 g/mol. The van der Waals surface area contributed by atoms with Crippen LogP contribution in [0, 0.1) is 0 Å². The molecule has 2 aliphatic heterocycles. The summed E-state index contributed by atoms with van der Waals surface area (Å²) in [4.78, 5) is 37.9. The summed E-state index contributed by atoms with van der Waals surface area (Å²) in [6.07, 6.45) is 0.272. The predicted molar refractivity (Wildman–Crippen MR) is 91.4 cm³/mol. The fourth-order valence-electron chi connectivity index (χ4n) is 3.07. The molecule has 3 atom stereocenters. The number of benzene rings is 1. The molecule has 0 spiro atoms. The van der Waals surface area contributed by atoms with Gasteiger partial charge < -0.3 is 15.0 Å². The first-order chi connectivity index (χ1) is 11.4. The number of carbonyl (C=O) groups is 3. The molecule has 2 amide bonds. The Bertz CT molecular complexity index is 666. The molecule has 2 saturated heterocycles. The molecule has 0 aliphatic carbocycles. The quantitative estimate of drug-likeness (QED) is 0.843. The third-order valence-electron chi connectivity index (χ3n) is 4.42. The van der Waals surface area contributed by atoms with Crippen LogP contribution in [0.25, 0.3) is 0 Å². The molecule has 1 aromatic rings. The summed E-state index contributed by atoms with van der Waals surface area (Å²) in [5.41, 5.74) is 0.643. The van der Waals surface area contributed by atoms with Crippen molar-refractivity contribution in [1.29, 1.82) is 0 Å².